The fourth-order valence-electron chi connectivity index (χ4n) is 2.74. The first kappa shape index (κ1) is 20.8. The van der Waals surface area contributed by atoms with Gasteiger partial charge in [0.25, 0.3) is 0 Å². The summed E-state index contributed by atoms with van der Waals surface area (Å²) in [5, 5.41) is 12.1. The normalized spacial score (nSPS) is 11.9. The van der Waals surface area contributed by atoms with Gasteiger partial charge in [-0.15, -0.1) is 0 Å². The lowest BCUT2D eigenvalue weighted by atomic mass is 9.99. The van der Waals surface area contributed by atoms with Crippen molar-refractivity contribution < 1.29 is 0 Å². The fraction of sp³-hybridized carbons (Fsp3) is 0.238. The second-order valence-electron chi connectivity index (χ2n) is 6.66. The highest BCUT2D eigenvalue weighted by Gasteiger charge is 2.09. The maximum absolute atomic E-state index is 5.94. The van der Waals surface area contributed by atoms with Crippen LogP contribution in [0.25, 0.3) is 0 Å². The van der Waals surface area contributed by atoms with E-state index in [0.717, 1.165) is 27.2 Å². The molecule has 3 rings (SSSR count). The zero-order chi connectivity index (χ0) is 20.1. The first-order valence-corrected chi connectivity index (χ1v) is 10.7. The van der Waals surface area contributed by atoms with E-state index in [1.807, 2.05) is 47.3 Å². The largest absolute Gasteiger partial charge is 0.332 e. The molecule has 1 unspecified atom stereocenters. The number of aromatic nitrogens is 2. The average Bonchev–Trinajstić information content (AvgIpc) is 3.02. The van der Waals surface area contributed by atoms with Gasteiger partial charge >= 0.3 is 0 Å². The summed E-state index contributed by atoms with van der Waals surface area (Å²) in [5.41, 5.74) is 3.39. The molecule has 1 aromatic heterocycles. The molecule has 3 aromatic rings. The van der Waals surface area contributed by atoms with Gasteiger partial charge < -0.3 is 10.6 Å². The molecule has 0 amide bonds. The van der Waals surface area contributed by atoms with Crippen molar-refractivity contribution in [3.8, 4) is 0 Å². The van der Waals surface area contributed by atoms with Crippen LogP contribution in [0, 0.1) is 0 Å². The smallest absolute Gasteiger partial charge is 0.176 e. The number of nitrogens with one attached hydrogen (secondary N) is 2. The zero-order valence-corrected chi connectivity index (χ0v) is 18.9. The summed E-state index contributed by atoms with van der Waals surface area (Å²) in [5.74, 6) is 1.22. The van der Waals surface area contributed by atoms with Crippen molar-refractivity contribution >= 4 is 56.4 Å². The first-order valence-electron chi connectivity index (χ1n) is 9.10. The Balaban J connectivity index is 1.61. The minimum absolute atomic E-state index is 0.494. The van der Waals surface area contributed by atoms with Crippen molar-refractivity contribution in [3.05, 3.63) is 75.4 Å². The Morgan fingerprint density at radius 3 is 2.46 bits per heavy atom. The Kier molecular flexibility index (Phi) is 7.10. The van der Waals surface area contributed by atoms with Crippen LogP contribution in [0.2, 0.25) is 5.02 Å². The van der Waals surface area contributed by atoms with Gasteiger partial charge in [-0.05, 0) is 75.9 Å². The molecule has 0 fully saturated rings. The van der Waals surface area contributed by atoms with Crippen molar-refractivity contribution in [2.75, 3.05) is 10.6 Å². The topological polar surface area (TPSA) is 41.9 Å². The van der Waals surface area contributed by atoms with Crippen LogP contribution >= 0.6 is 39.7 Å². The van der Waals surface area contributed by atoms with Crippen LogP contribution in [0.4, 0.5) is 11.5 Å². The maximum Gasteiger partial charge on any atom is 0.176 e. The van der Waals surface area contributed by atoms with Crippen LogP contribution in [-0.2, 0) is 6.54 Å². The Labute approximate surface area is 184 Å². The van der Waals surface area contributed by atoms with Crippen molar-refractivity contribution in [1.29, 1.82) is 0 Å². The molecule has 0 saturated heterocycles. The Bertz CT molecular complexity index is 938. The number of halogens is 2. The molecule has 0 aliphatic carbocycles. The number of thiocarbonyl (C=S) groups is 1. The van der Waals surface area contributed by atoms with E-state index in [1.165, 1.54) is 5.56 Å². The third-order valence-electron chi connectivity index (χ3n) is 4.56. The molecule has 1 atom stereocenters. The lowest BCUT2D eigenvalue weighted by Gasteiger charge is -2.12. The summed E-state index contributed by atoms with van der Waals surface area (Å²) in [6.45, 7) is 5.07. The monoisotopic (exact) mass is 476 g/mol. The molecule has 4 nitrogen and oxygen atoms in total. The van der Waals surface area contributed by atoms with Crippen LogP contribution < -0.4 is 10.6 Å². The second-order valence-corrected chi connectivity index (χ2v) is 8.36. The lowest BCUT2D eigenvalue weighted by Crippen LogP contribution is -2.19. The molecule has 0 aliphatic rings. The van der Waals surface area contributed by atoms with E-state index in [2.05, 4.69) is 57.6 Å². The molecule has 0 bridgehead atoms. The summed E-state index contributed by atoms with van der Waals surface area (Å²) >= 11 is 14.9. The molecule has 1 heterocycles. The van der Waals surface area contributed by atoms with Crippen molar-refractivity contribution in [1.82, 2.24) is 9.78 Å². The van der Waals surface area contributed by atoms with Crippen molar-refractivity contribution in [2.24, 2.45) is 0 Å². The van der Waals surface area contributed by atoms with E-state index >= 15 is 0 Å². The predicted octanol–water partition coefficient (Wildman–Crippen LogP) is 6.67. The van der Waals surface area contributed by atoms with Crippen LogP contribution in [0.5, 0.6) is 0 Å². The standard InChI is InChI=1S/C21H22BrClN4S/c1-3-14(2)16-6-10-18(11-7-16)24-21(28)25-20-19(22)13-27(26-20)12-15-4-8-17(23)9-5-15/h4-11,13-14H,3,12H2,1-2H3,(H2,24,25,26,28). The van der Waals surface area contributed by atoms with E-state index in [9.17, 15) is 0 Å². The van der Waals surface area contributed by atoms with E-state index in [1.54, 1.807) is 0 Å². The summed E-state index contributed by atoms with van der Waals surface area (Å²) in [6.07, 6.45) is 3.04. The van der Waals surface area contributed by atoms with Gasteiger partial charge in [-0.1, -0.05) is 49.7 Å². The number of rotatable bonds is 6. The summed E-state index contributed by atoms with van der Waals surface area (Å²) in [6, 6.07) is 16.1. The van der Waals surface area contributed by atoms with Crippen molar-refractivity contribution in [2.45, 2.75) is 32.7 Å². The highest BCUT2D eigenvalue weighted by atomic mass is 79.9. The van der Waals surface area contributed by atoms with Crippen molar-refractivity contribution in [3.63, 3.8) is 0 Å². The minimum Gasteiger partial charge on any atom is -0.332 e. The van der Waals surface area contributed by atoms with Gasteiger partial charge in [0.05, 0.1) is 11.0 Å². The number of hydrogen-bond acceptors (Lipinski definition) is 2. The molecule has 2 N–H and O–H groups in total. The predicted molar refractivity (Wildman–Crippen MR) is 125 cm³/mol. The summed E-state index contributed by atoms with van der Waals surface area (Å²) in [4.78, 5) is 0. The number of hydrogen-bond donors (Lipinski definition) is 2. The van der Waals surface area contributed by atoms with Gasteiger partial charge in [0.2, 0.25) is 0 Å². The molecule has 0 spiro atoms. The van der Waals surface area contributed by atoms with Gasteiger partial charge in [-0.3, -0.25) is 4.68 Å². The van der Waals surface area contributed by atoms with Gasteiger partial charge in [-0.2, -0.15) is 5.10 Å². The van der Waals surface area contributed by atoms with E-state index in [0.29, 0.717) is 23.4 Å². The van der Waals surface area contributed by atoms with Crippen LogP contribution in [0.1, 0.15) is 37.3 Å². The Morgan fingerprint density at radius 2 is 1.82 bits per heavy atom. The van der Waals surface area contributed by atoms with Gasteiger partial charge in [0.1, 0.15) is 0 Å². The van der Waals surface area contributed by atoms with E-state index in [4.69, 9.17) is 23.8 Å². The second kappa shape index (κ2) is 9.54. The SMILES string of the molecule is CCC(C)c1ccc(NC(=S)Nc2nn(Cc3ccc(Cl)cc3)cc2Br)cc1. The van der Waals surface area contributed by atoms with Crippen LogP contribution in [-0.4, -0.2) is 14.9 Å². The minimum atomic E-state index is 0.494. The fourth-order valence-corrected chi connectivity index (χ4v) is 3.50. The zero-order valence-electron chi connectivity index (χ0n) is 15.7. The molecule has 0 saturated carbocycles. The number of nitrogens with zero attached hydrogens (tertiary/aromatic N) is 2. The average molecular weight is 478 g/mol. The summed E-state index contributed by atoms with van der Waals surface area (Å²) < 4.78 is 2.69. The highest BCUT2D eigenvalue weighted by molar-refractivity contribution is 9.10. The number of anilines is 2. The molecular formula is C21H22BrClN4S. The third-order valence-corrected chi connectivity index (χ3v) is 5.59. The molecule has 146 valence electrons. The number of benzene rings is 2. The van der Waals surface area contributed by atoms with Gasteiger partial charge in [0.15, 0.2) is 10.9 Å². The third kappa shape index (κ3) is 5.56. The molecule has 2 aromatic carbocycles. The molecule has 7 heteroatoms. The lowest BCUT2D eigenvalue weighted by molar-refractivity contribution is 0.689. The Hall–Kier alpha value is -1.89. The quantitative estimate of drug-likeness (QED) is 0.389. The van der Waals surface area contributed by atoms with E-state index in [-0.39, 0.29) is 0 Å². The molecular weight excluding hydrogens is 456 g/mol. The van der Waals surface area contributed by atoms with Crippen LogP contribution in [0.15, 0.2) is 59.2 Å². The maximum atomic E-state index is 5.94. The van der Waals surface area contributed by atoms with Gasteiger partial charge in [-0.25, -0.2) is 0 Å². The highest BCUT2D eigenvalue weighted by Crippen LogP contribution is 2.23. The molecule has 0 radical (unpaired) electrons. The molecule has 28 heavy (non-hydrogen) atoms. The van der Waals surface area contributed by atoms with Gasteiger partial charge in [0, 0.05) is 16.9 Å². The van der Waals surface area contributed by atoms with Crippen LogP contribution in [0.3, 0.4) is 0 Å². The Morgan fingerprint density at radius 1 is 1.14 bits per heavy atom. The summed E-state index contributed by atoms with van der Waals surface area (Å²) in [7, 11) is 0. The van der Waals surface area contributed by atoms with E-state index < -0.39 is 0 Å². The molecule has 0 aliphatic heterocycles. The first-order chi connectivity index (χ1) is 13.4.